The van der Waals surface area contributed by atoms with Crippen molar-refractivity contribution in [2.45, 2.75) is 26.3 Å². The van der Waals surface area contributed by atoms with Crippen molar-refractivity contribution in [3.8, 4) is 0 Å². The maximum absolute atomic E-state index is 13.5. The van der Waals surface area contributed by atoms with Gasteiger partial charge in [-0.05, 0) is 60.9 Å². The minimum atomic E-state index is -0.356. The highest BCUT2D eigenvalue weighted by Crippen LogP contribution is 2.39. The number of allylic oxidation sites excluding steroid dienone is 1. The second kappa shape index (κ2) is 7.96. The van der Waals surface area contributed by atoms with E-state index in [1.165, 1.54) is 17.7 Å². The summed E-state index contributed by atoms with van der Waals surface area (Å²) in [6.45, 7) is 4.00. The number of rotatable bonds is 4. The molecule has 0 saturated heterocycles. The Bertz CT molecular complexity index is 1340. The summed E-state index contributed by atoms with van der Waals surface area (Å²) in [7, 11) is 0. The van der Waals surface area contributed by atoms with E-state index >= 15 is 0 Å². The number of benzene rings is 3. The van der Waals surface area contributed by atoms with E-state index in [0.717, 1.165) is 28.7 Å². The first kappa shape index (κ1) is 20.0. The van der Waals surface area contributed by atoms with Gasteiger partial charge in [0.2, 0.25) is 5.95 Å². The molecule has 0 bridgehead atoms. The molecule has 1 aliphatic rings. The van der Waals surface area contributed by atoms with Crippen LogP contribution in [0.2, 0.25) is 0 Å². The zero-order valence-corrected chi connectivity index (χ0v) is 17.9. The number of nitrogens with one attached hydrogen (secondary N) is 2. The van der Waals surface area contributed by atoms with Gasteiger partial charge in [-0.15, -0.1) is 0 Å². The van der Waals surface area contributed by atoms with Crippen LogP contribution in [0.1, 0.15) is 31.0 Å². The van der Waals surface area contributed by atoms with Gasteiger partial charge in [0, 0.05) is 11.4 Å². The Kier molecular flexibility index (Phi) is 4.98. The Morgan fingerprint density at radius 1 is 1.06 bits per heavy atom. The fraction of sp³-hybridized carbons (Fsp3) is 0.154. The number of carbonyl (C=O) groups is 1. The van der Waals surface area contributed by atoms with E-state index in [0.29, 0.717) is 17.2 Å². The normalized spacial score (nSPS) is 15.4. The lowest BCUT2D eigenvalue weighted by Crippen LogP contribution is -2.30. The van der Waals surface area contributed by atoms with Gasteiger partial charge in [0.25, 0.3) is 5.91 Å². The lowest BCUT2D eigenvalue weighted by atomic mass is 9.93. The summed E-state index contributed by atoms with van der Waals surface area (Å²) in [5, 5.41) is 6.23. The van der Waals surface area contributed by atoms with Gasteiger partial charge in [-0.1, -0.05) is 43.3 Å². The lowest BCUT2D eigenvalue weighted by Gasteiger charge is -2.31. The van der Waals surface area contributed by atoms with Gasteiger partial charge >= 0.3 is 0 Å². The topological polar surface area (TPSA) is 59.0 Å². The molecule has 5 rings (SSSR count). The molecule has 1 amide bonds. The monoisotopic (exact) mass is 426 g/mol. The predicted molar refractivity (Wildman–Crippen MR) is 125 cm³/mol. The van der Waals surface area contributed by atoms with Crippen LogP contribution >= 0.6 is 0 Å². The first-order valence-electron chi connectivity index (χ1n) is 10.7. The number of halogens is 1. The third-order valence-electron chi connectivity index (χ3n) is 5.88. The smallest absolute Gasteiger partial charge is 0.255 e. The van der Waals surface area contributed by atoms with Crippen molar-refractivity contribution in [1.82, 2.24) is 9.55 Å². The summed E-state index contributed by atoms with van der Waals surface area (Å²) in [6, 6.07) is 21.7. The molecule has 32 heavy (non-hydrogen) atoms. The zero-order chi connectivity index (χ0) is 22.2. The molecule has 6 heteroatoms. The standard InChI is InChI=1S/C26H23FN4O/c1-3-17-8-10-18(11-9-17)24-23(25(32)29-20-14-12-19(27)13-15-20)16(2)28-26-30-21-6-4-5-7-22(21)31(24)26/h4-15,24H,3H2,1-2H3,(H,28,30)(H,29,32). The number of hydrogen-bond donors (Lipinski definition) is 2. The molecule has 3 aromatic carbocycles. The first-order valence-corrected chi connectivity index (χ1v) is 10.7. The number of para-hydroxylation sites is 2. The van der Waals surface area contributed by atoms with E-state index < -0.39 is 0 Å². The van der Waals surface area contributed by atoms with Crippen LogP contribution in [-0.4, -0.2) is 15.5 Å². The van der Waals surface area contributed by atoms with Crippen LogP contribution in [0.15, 0.2) is 84.1 Å². The molecule has 1 aromatic heterocycles. The summed E-state index contributed by atoms with van der Waals surface area (Å²) in [4.78, 5) is 18.2. The fourth-order valence-electron chi connectivity index (χ4n) is 4.24. The van der Waals surface area contributed by atoms with Crippen LogP contribution in [0.3, 0.4) is 0 Å². The molecule has 0 saturated carbocycles. The largest absolute Gasteiger partial charge is 0.329 e. The molecule has 0 spiro atoms. The van der Waals surface area contributed by atoms with Crippen LogP contribution in [0.25, 0.3) is 11.0 Å². The van der Waals surface area contributed by atoms with E-state index in [2.05, 4.69) is 46.4 Å². The Labute approximate surface area is 185 Å². The number of imidazole rings is 1. The van der Waals surface area contributed by atoms with Crippen molar-refractivity contribution >= 4 is 28.6 Å². The molecule has 2 heterocycles. The molecule has 2 N–H and O–H groups in total. The summed E-state index contributed by atoms with van der Waals surface area (Å²) in [5.74, 6) is 0.113. The molecule has 1 atom stereocenters. The van der Waals surface area contributed by atoms with Crippen LogP contribution in [0, 0.1) is 5.82 Å². The van der Waals surface area contributed by atoms with E-state index in [-0.39, 0.29) is 17.8 Å². The Hall–Kier alpha value is -3.93. The van der Waals surface area contributed by atoms with Gasteiger partial charge in [-0.25, -0.2) is 9.37 Å². The summed E-state index contributed by atoms with van der Waals surface area (Å²) in [5.41, 5.74) is 5.90. The maximum atomic E-state index is 13.5. The number of carbonyl (C=O) groups excluding carboxylic acids is 1. The minimum absolute atomic E-state index is 0.241. The van der Waals surface area contributed by atoms with Gasteiger partial charge in [0.15, 0.2) is 0 Å². The summed E-state index contributed by atoms with van der Waals surface area (Å²) >= 11 is 0. The lowest BCUT2D eigenvalue weighted by molar-refractivity contribution is -0.113. The first-order chi connectivity index (χ1) is 15.5. The average molecular weight is 426 g/mol. The summed E-state index contributed by atoms with van der Waals surface area (Å²) < 4.78 is 15.4. The molecule has 0 fully saturated rings. The molecule has 1 unspecified atom stereocenters. The molecule has 0 aliphatic carbocycles. The number of fused-ring (bicyclic) bond motifs is 3. The van der Waals surface area contributed by atoms with Crippen LogP contribution in [-0.2, 0) is 11.2 Å². The highest BCUT2D eigenvalue weighted by Gasteiger charge is 2.34. The molecule has 0 radical (unpaired) electrons. The van der Waals surface area contributed by atoms with Gasteiger partial charge in [-0.2, -0.15) is 0 Å². The van der Waals surface area contributed by atoms with E-state index in [1.807, 2.05) is 31.2 Å². The highest BCUT2D eigenvalue weighted by atomic mass is 19.1. The Morgan fingerprint density at radius 2 is 1.78 bits per heavy atom. The average Bonchev–Trinajstić information content (AvgIpc) is 3.17. The molecule has 1 aliphatic heterocycles. The number of hydrogen-bond acceptors (Lipinski definition) is 3. The Morgan fingerprint density at radius 3 is 2.50 bits per heavy atom. The molecule has 4 aromatic rings. The minimum Gasteiger partial charge on any atom is -0.329 e. The highest BCUT2D eigenvalue weighted by molar-refractivity contribution is 6.06. The predicted octanol–water partition coefficient (Wildman–Crippen LogP) is 5.67. The van der Waals surface area contributed by atoms with Crippen molar-refractivity contribution in [2.24, 2.45) is 0 Å². The number of amides is 1. The van der Waals surface area contributed by atoms with Crippen molar-refractivity contribution < 1.29 is 9.18 Å². The number of aromatic nitrogens is 2. The quantitative estimate of drug-likeness (QED) is 0.442. The van der Waals surface area contributed by atoms with Crippen molar-refractivity contribution in [3.63, 3.8) is 0 Å². The van der Waals surface area contributed by atoms with Crippen molar-refractivity contribution in [2.75, 3.05) is 10.6 Å². The van der Waals surface area contributed by atoms with E-state index in [9.17, 15) is 9.18 Å². The third-order valence-corrected chi connectivity index (χ3v) is 5.88. The molecular formula is C26H23FN4O. The molecule has 160 valence electrons. The summed E-state index contributed by atoms with van der Waals surface area (Å²) in [6.07, 6.45) is 0.943. The second-order valence-corrected chi connectivity index (χ2v) is 7.92. The molecular weight excluding hydrogens is 403 g/mol. The van der Waals surface area contributed by atoms with Crippen LogP contribution in [0.4, 0.5) is 16.0 Å². The van der Waals surface area contributed by atoms with E-state index in [4.69, 9.17) is 4.98 Å². The number of nitrogens with zero attached hydrogens (tertiary/aromatic N) is 2. The van der Waals surface area contributed by atoms with Crippen LogP contribution in [0.5, 0.6) is 0 Å². The number of aryl methyl sites for hydroxylation is 1. The van der Waals surface area contributed by atoms with Crippen molar-refractivity contribution in [1.29, 1.82) is 0 Å². The van der Waals surface area contributed by atoms with Crippen LogP contribution < -0.4 is 10.6 Å². The molecule has 5 nitrogen and oxygen atoms in total. The van der Waals surface area contributed by atoms with Crippen molar-refractivity contribution in [3.05, 3.63) is 101 Å². The zero-order valence-electron chi connectivity index (χ0n) is 17.9. The van der Waals surface area contributed by atoms with Gasteiger partial charge in [0.1, 0.15) is 5.82 Å². The van der Waals surface area contributed by atoms with E-state index in [1.54, 1.807) is 12.1 Å². The SMILES string of the molecule is CCc1ccc(C2C(C(=O)Nc3ccc(F)cc3)=C(C)Nc3nc4ccccc4n32)cc1. The number of anilines is 2. The maximum Gasteiger partial charge on any atom is 0.255 e. The second-order valence-electron chi connectivity index (χ2n) is 7.92. The van der Waals surface area contributed by atoms with Gasteiger partial charge in [-0.3, -0.25) is 9.36 Å². The van der Waals surface area contributed by atoms with Gasteiger partial charge in [0.05, 0.1) is 22.6 Å². The Balaban J connectivity index is 1.64. The third kappa shape index (κ3) is 3.43. The van der Waals surface area contributed by atoms with Gasteiger partial charge < -0.3 is 10.6 Å². The fourth-order valence-corrected chi connectivity index (χ4v) is 4.24.